The molecule has 1 amide bonds. The number of aryl methyl sites for hydroxylation is 1. The molecule has 6 nitrogen and oxygen atoms in total. The van der Waals surface area contributed by atoms with Crippen molar-refractivity contribution in [3.63, 3.8) is 0 Å². The lowest BCUT2D eigenvalue weighted by atomic mass is 9.83. The molecule has 3 heterocycles. The Morgan fingerprint density at radius 3 is 2.55 bits per heavy atom. The molecule has 0 aliphatic carbocycles. The van der Waals surface area contributed by atoms with Crippen LogP contribution in [-0.4, -0.2) is 48.2 Å². The summed E-state index contributed by atoms with van der Waals surface area (Å²) in [4.78, 5) is 15.1. The molecular formula is C23H31N3O3. The van der Waals surface area contributed by atoms with Gasteiger partial charge in [-0.05, 0) is 63.9 Å². The molecule has 0 bridgehead atoms. The highest BCUT2D eigenvalue weighted by atomic mass is 16.5. The summed E-state index contributed by atoms with van der Waals surface area (Å²) in [6, 6.07) is 9.90. The molecule has 1 fully saturated rings. The number of methoxy groups -OCH3 is 1. The molecule has 0 atom stereocenters. The first-order valence-electron chi connectivity index (χ1n) is 10.5. The Hall–Kier alpha value is -2.47. The van der Waals surface area contributed by atoms with E-state index in [1.807, 2.05) is 30.9 Å². The molecule has 2 aromatic rings. The number of hydrogen-bond donors (Lipinski definition) is 1. The highest BCUT2D eigenvalue weighted by molar-refractivity contribution is 5.95. The van der Waals surface area contributed by atoms with Gasteiger partial charge in [0.2, 0.25) is 0 Å². The zero-order valence-corrected chi connectivity index (χ0v) is 17.8. The number of piperidine rings is 1. The number of benzene rings is 1. The summed E-state index contributed by atoms with van der Waals surface area (Å²) < 4.78 is 13.6. The summed E-state index contributed by atoms with van der Waals surface area (Å²) in [5.41, 5.74) is 3.31. The topological polar surface area (TPSA) is 55.7 Å². The Balaban J connectivity index is 1.49. The normalized spacial score (nSPS) is 18.0. The average Bonchev–Trinajstić information content (AvgIpc) is 3.10. The van der Waals surface area contributed by atoms with E-state index >= 15 is 0 Å². The number of ether oxygens (including phenoxy) is 2. The van der Waals surface area contributed by atoms with Crippen LogP contribution in [0.5, 0.6) is 11.5 Å². The van der Waals surface area contributed by atoms with Crippen LogP contribution in [0.4, 0.5) is 0 Å². The molecule has 4 rings (SSSR count). The number of nitrogens with one attached hydrogen (secondary N) is 1. The molecule has 1 aromatic heterocycles. The van der Waals surface area contributed by atoms with Gasteiger partial charge in [0.05, 0.1) is 18.8 Å². The summed E-state index contributed by atoms with van der Waals surface area (Å²) in [6.07, 6.45) is 1.90. The summed E-state index contributed by atoms with van der Waals surface area (Å²) in [7, 11) is 1.60. The summed E-state index contributed by atoms with van der Waals surface area (Å²) in [6.45, 7) is 9.58. The molecule has 2 aliphatic heterocycles. The fourth-order valence-corrected chi connectivity index (χ4v) is 4.64. The highest BCUT2D eigenvalue weighted by Crippen LogP contribution is 2.37. The zero-order chi connectivity index (χ0) is 20.6. The second-order valence-electron chi connectivity index (χ2n) is 8.34. The van der Waals surface area contributed by atoms with Crippen molar-refractivity contribution in [2.45, 2.75) is 51.8 Å². The lowest BCUT2D eigenvalue weighted by Gasteiger charge is -2.45. The quantitative estimate of drug-likeness (QED) is 0.860. The van der Waals surface area contributed by atoms with Crippen LogP contribution in [0.3, 0.4) is 0 Å². The minimum Gasteiger partial charge on any atom is -0.493 e. The van der Waals surface area contributed by atoms with Gasteiger partial charge in [-0.2, -0.15) is 0 Å². The number of carbonyl (C=O) groups excluding carboxylic acids is 1. The van der Waals surface area contributed by atoms with Gasteiger partial charge in [0, 0.05) is 43.1 Å². The van der Waals surface area contributed by atoms with Crippen molar-refractivity contribution in [3.8, 4) is 11.5 Å². The van der Waals surface area contributed by atoms with Crippen LogP contribution in [-0.2, 0) is 12.1 Å². The molecule has 1 aromatic carbocycles. The fourth-order valence-electron chi connectivity index (χ4n) is 4.64. The van der Waals surface area contributed by atoms with Gasteiger partial charge in [0.15, 0.2) is 11.5 Å². The summed E-state index contributed by atoms with van der Waals surface area (Å²) in [5, 5.41) is 3.75. The number of aromatic nitrogens is 1. The average molecular weight is 398 g/mol. The van der Waals surface area contributed by atoms with Gasteiger partial charge in [-0.25, -0.2) is 0 Å². The Labute approximate surface area is 172 Å². The lowest BCUT2D eigenvalue weighted by Crippen LogP contribution is -2.56. The van der Waals surface area contributed by atoms with E-state index in [1.165, 1.54) is 11.4 Å². The van der Waals surface area contributed by atoms with Crippen molar-refractivity contribution >= 4 is 5.91 Å². The van der Waals surface area contributed by atoms with Crippen molar-refractivity contribution < 1.29 is 14.3 Å². The molecule has 1 saturated heterocycles. The number of rotatable bonds is 4. The van der Waals surface area contributed by atoms with Gasteiger partial charge in [0.25, 0.3) is 5.91 Å². The van der Waals surface area contributed by atoms with Crippen LogP contribution in [0.1, 0.15) is 48.4 Å². The van der Waals surface area contributed by atoms with Crippen molar-refractivity contribution in [1.82, 2.24) is 14.8 Å². The van der Waals surface area contributed by atoms with E-state index in [2.05, 4.69) is 28.9 Å². The maximum atomic E-state index is 13.1. The molecule has 1 spiro atoms. The van der Waals surface area contributed by atoms with Gasteiger partial charge in [-0.3, -0.25) is 4.79 Å². The number of nitrogens with zero attached hydrogens (tertiary/aromatic N) is 2. The van der Waals surface area contributed by atoms with E-state index in [9.17, 15) is 4.79 Å². The molecule has 2 aliphatic rings. The molecular weight excluding hydrogens is 366 g/mol. The van der Waals surface area contributed by atoms with Crippen molar-refractivity contribution in [3.05, 3.63) is 47.3 Å². The molecule has 0 saturated carbocycles. The largest absolute Gasteiger partial charge is 0.493 e. The minimum absolute atomic E-state index is 0.0179. The zero-order valence-electron chi connectivity index (χ0n) is 17.8. The maximum absolute atomic E-state index is 13.1. The van der Waals surface area contributed by atoms with Gasteiger partial charge in [-0.15, -0.1) is 0 Å². The second kappa shape index (κ2) is 7.75. The van der Waals surface area contributed by atoms with Crippen LogP contribution in [0, 0.1) is 6.92 Å². The van der Waals surface area contributed by atoms with Gasteiger partial charge >= 0.3 is 0 Å². The highest BCUT2D eigenvalue weighted by Gasteiger charge is 2.41. The number of likely N-dealkylation sites (tertiary alicyclic amines) is 1. The molecule has 156 valence electrons. The van der Waals surface area contributed by atoms with E-state index in [-0.39, 0.29) is 17.6 Å². The van der Waals surface area contributed by atoms with Crippen LogP contribution in [0.25, 0.3) is 0 Å². The monoisotopic (exact) mass is 397 g/mol. The Kier molecular flexibility index (Phi) is 5.30. The first kappa shape index (κ1) is 19.8. The Bertz CT molecular complexity index is 895. The third kappa shape index (κ3) is 3.62. The number of hydrogen-bond acceptors (Lipinski definition) is 4. The van der Waals surface area contributed by atoms with Crippen molar-refractivity contribution in [2.75, 3.05) is 26.7 Å². The maximum Gasteiger partial charge on any atom is 0.253 e. The number of carbonyl (C=O) groups is 1. The Morgan fingerprint density at radius 2 is 1.86 bits per heavy atom. The fraction of sp³-hybridized carbons (Fsp3) is 0.522. The number of fused-ring (bicyclic) bond motifs is 2. The van der Waals surface area contributed by atoms with Crippen molar-refractivity contribution in [1.29, 1.82) is 0 Å². The first-order chi connectivity index (χ1) is 13.9. The minimum atomic E-state index is -0.0179. The van der Waals surface area contributed by atoms with Crippen LogP contribution in [0.2, 0.25) is 0 Å². The van der Waals surface area contributed by atoms with E-state index < -0.39 is 0 Å². The Morgan fingerprint density at radius 1 is 1.10 bits per heavy atom. The van der Waals surface area contributed by atoms with E-state index in [4.69, 9.17) is 9.47 Å². The summed E-state index contributed by atoms with van der Waals surface area (Å²) >= 11 is 0. The smallest absolute Gasteiger partial charge is 0.253 e. The van der Waals surface area contributed by atoms with Crippen LogP contribution < -0.4 is 14.8 Å². The van der Waals surface area contributed by atoms with E-state index in [1.54, 1.807) is 13.2 Å². The third-order valence-corrected chi connectivity index (χ3v) is 6.17. The second-order valence-corrected chi connectivity index (χ2v) is 8.34. The van der Waals surface area contributed by atoms with E-state index in [0.717, 1.165) is 39.0 Å². The van der Waals surface area contributed by atoms with Gasteiger partial charge in [0.1, 0.15) is 0 Å². The standard InChI is InChI=1S/C23H31N3O3/c1-16(2)29-19-7-6-18(15-20(19)28-4)22(27)25-12-9-23(10-13-25)21-8-5-17(3)26(21)14-11-24-23/h5-8,15-16,24H,9-14H2,1-4H3. The van der Waals surface area contributed by atoms with Gasteiger partial charge < -0.3 is 24.3 Å². The molecule has 0 radical (unpaired) electrons. The van der Waals surface area contributed by atoms with Gasteiger partial charge in [-0.1, -0.05) is 0 Å². The third-order valence-electron chi connectivity index (χ3n) is 6.17. The number of amides is 1. The van der Waals surface area contributed by atoms with Crippen LogP contribution in [0.15, 0.2) is 30.3 Å². The molecule has 1 N–H and O–H groups in total. The molecule has 29 heavy (non-hydrogen) atoms. The predicted octanol–water partition coefficient (Wildman–Crippen LogP) is 3.33. The molecule has 6 heteroatoms. The van der Waals surface area contributed by atoms with Crippen molar-refractivity contribution in [2.24, 2.45) is 0 Å². The SMILES string of the molecule is COc1cc(C(=O)N2CCC3(CC2)NCCn2c(C)ccc23)ccc1OC(C)C. The first-order valence-corrected chi connectivity index (χ1v) is 10.5. The summed E-state index contributed by atoms with van der Waals surface area (Å²) in [5.74, 6) is 1.32. The lowest BCUT2D eigenvalue weighted by molar-refractivity contribution is 0.0612. The molecule has 0 unspecified atom stereocenters. The predicted molar refractivity (Wildman–Crippen MR) is 113 cm³/mol. The van der Waals surface area contributed by atoms with Crippen LogP contribution >= 0.6 is 0 Å². The van der Waals surface area contributed by atoms with E-state index in [0.29, 0.717) is 17.1 Å².